The van der Waals surface area contributed by atoms with Crippen molar-refractivity contribution in [3.8, 4) is 11.5 Å². The van der Waals surface area contributed by atoms with Crippen molar-refractivity contribution in [1.82, 2.24) is 4.98 Å². The average molecular weight is 322 g/mol. The molecular formula is C12H7Cl2F2NOS. The minimum atomic E-state index is -0.974. The van der Waals surface area contributed by atoms with E-state index in [1.54, 1.807) is 6.07 Å². The van der Waals surface area contributed by atoms with E-state index in [1.165, 1.54) is 17.8 Å². The molecule has 0 bridgehead atoms. The van der Waals surface area contributed by atoms with Gasteiger partial charge in [0.2, 0.25) is 11.9 Å². The number of thioether (sulfide) groups is 1. The van der Waals surface area contributed by atoms with Gasteiger partial charge in [0.15, 0.2) is 0 Å². The van der Waals surface area contributed by atoms with Crippen LogP contribution in [0.5, 0.6) is 11.5 Å². The van der Waals surface area contributed by atoms with Crippen molar-refractivity contribution in [2.45, 2.75) is 4.90 Å². The molecule has 0 amide bonds. The van der Waals surface area contributed by atoms with Gasteiger partial charge in [0, 0.05) is 23.1 Å². The fourth-order valence-corrected chi connectivity index (χ4v) is 2.52. The number of hydrogen-bond donors (Lipinski definition) is 0. The molecule has 0 aliphatic heterocycles. The third kappa shape index (κ3) is 3.49. The number of aromatic nitrogens is 1. The van der Waals surface area contributed by atoms with E-state index in [0.29, 0.717) is 10.0 Å². The van der Waals surface area contributed by atoms with Gasteiger partial charge in [-0.05, 0) is 12.3 Å². The van der Waals surface area contributed by atoms with Crippen molar-refractivity contribution >= 4 is 35.0 Å². The van der Waals surface area contributed by atoms with Gasteiger partial charge in [-0.3, -0.25) is 0 Å². The third-order valence-corrected chi connectivity index (χ3v) is 3.67. The Morgan fingerprint density at radius 3 is 2.26 bits per heavy atom. The fraction of sp³-hybridized carbons (Fsp3) is 0.0833. The fourth-order valence-electron chi connectivity index (χ4n) is 1.37. The molecule has 0 aliphatic carbocycles. The van der Waals surface area contributed by atoms with Crippen molar-refractivity contribution in [1.29, 1.82) is 0 Å². The lowest BCUT2D eigenvalue weighted by Crippen LogP contribution is -1.92. The van der Waals surface area contributed by atoms with Gasteiger partial charge < -0.3 is 4.74 Å². The molecule has 0 saturated heterocycles. The standard InChI is InChI=1S/C12H7Cl2F2NOS/c1-19-10-5-7(13)9(4-8(10)14)18-6-2-11(15)17-12(16)3-6/h2-5H,1H3. The summed E-state index contributed by atoms with van der Waals surface area (Å²) in [6.45, 7) is 0. The van der Waals surface area contributed by atoms with Crippen LogP contribution in [0.1, 0.15) is 0 Å². The average Bonchev–Trinajstić information content (AvgIpc) is 2.32. The molecular weight excluding hydrogens is 315 g/mol. The molecule has 0 aliphatic rings. The molecule has 7 heteroatoms. The highest BCUT2D eigenvalue weighted by Gasteiger charge is 2.10. The maximum absolute atomic E-state index is 12.9. The Hall–Kier alpha value is -1.04. The lowest BCUT2D eigenvalue weighted by Gasteiger charge is -2.10. The SMILES string of the molecule is CSc1cc(Cl)c(Oc2cc(F)nc(F)c2)cc1Cl. The molecule has 2 aromatic rings. The summed E-state index contributed by atoms with van der Waals surface area (Å²) in [5.41, 5.74) is 0. The number of rotatable bonds is 3. The zero-order chi connectivity index (χ0) is 14.0. The van der Waals surface area contributed by atoms with E-state index in [9.17, 15) is 8.78 Å². The molecule has 19 heavy (non-hydrogen) atoms. The van der Waals surface area contributed by atoms with Crippen molar-refractivity contribution < 1.29 is 13.5 Å². The Morgan fingerprint density at radius 1 is 1.05 bits per heavy atom. The highest BCUT2D eigenvalue weighted by atomic mass is 35.5. The third-order valence-electron chi connectivity index (χ3n) is 2.17. The Morgan fingerprint density at radius 2 is 1.68 bits per heavy atom. The second-order valence-corrected chi connectivity index (χ2v) is 5.13. The van der Waals surface area contributed by atoms with Gasteiger partial charge in [0.1, 0.15) is 11.5 Å². The van der Waals surface area contributed by atoms with Crippen LogP contribution in [0.2, 0.25) is 10.0 Å². The van der Waals surface area contributed by atoms with Crippen LogP contribution in [0.3, 0.4) is 0 Å². The lowest BCUT2D eigenvalue weighted by molar-refractivity contribution is 0.451. The molecule has 0 unspecified atom stereocenters. The quantitative estimate of drug-likeness (QED) is 0.574. The smallest absolute Gasteiger partial charge is 0.219 e. The summed E-state index contributed by atoms with van der Waals surface area (Å²) in [6, 6.07) is 5.02. The van der Waals surface area contributed by atoms with Crippen LogP contribution in [-0.2, 0) is 0 Å². The van der Waals surface area contributed by atoms with Crippen molar-refractivity contribution in [2.75, 3.05) is 6.26 Å². The Balaban J connectivity index is 2.35. The van der Waals surface area contributed by atoms with E-state index in [0.717, 1.165) is 17.0 Å². The summed E-state index contributed by atoms with van der Waals surface area (Å²) in [5.74, 6) is -1.77. The first-order valence-electron chi connectivity index (χ1n) is 5.03. The molecule has 1 heterocycles. The molecule has 0 fully saturated rings. The second kappa shape index (κ2) is 5.94. The van der Waals surface area contributed by atoms with Gasteiger partial charge in [0.05, 0.1) is 10.0 Å². The van der Waals surface area contributed by atoms with Gasteiger partial charge in [-0.1, -0.05) is 23.2 Å². The van der Waals surface area contributed by atoms with E-state index >= 15 is 0 Å². The van der Waals surface area contributed by atoms with Crippen LogP contribution in [0.25, 0.3) is 0 Å². The Labute approximate surface area is 122 Å². The normalized spacial score (nSPS) is 10.6. The van der Waals surface area contributed by atoms with Gasteiger partial charge in [-0.25, -0.2) is 0 Å². The molecule has 2 nitrogen and oxygen atoms in total. The minimum absolute atomic E-state index is 0.0418. The highest BCUT2D eigenvalue weighted by molar-refractivity contribution is 7.98. The zero-order valence-corrected chi connectivity index (χ0v) is 11.9. The number of nitrogens with zero attached hydrogens (tertiary/aromatic N) is 1. The van der Waals surface area contributed by atoms with Crippen molar-refractivity contribution in [3.05, 3.63) is 46.2 Å². The maximum Gasteiger partial charge on any atom is 0.219 e. The summed E-state index contributed by atoms with van der Waals surface area (Å²) in [5, 5.41) is 0.744. The van der Waals surface area contributed by atoms with E-state index in [4.69, 9.17) is 27.9 Å². The predicted molar refractivity (Wildman–Crippen MR) is 72.5 cm³/mol. The van der Waals surface area contributed by atoms with Crippen LogP contribution in [0.15, 0.2) is 29.2 Å². The molecule has 0 atom stereocenters. The summed E-state index contributed by atoms with van der Waals surface area (Å²) >= 11 is 13.4. The largest absolute Gasteiger partial charge is 0.455 e. The van der Waals surface area contributed by atoms with Crippen LogP contribution in [0.4, 0.5) is 8.78 Å². The predicted octanol–water partition coefficient (Wildman–Crippen LogP) is 5.18. The second-order valence-electron chi connectivity index (χ2n) is 3.47. The minimum Gasteiger partial charge on any atom is -0.455 e. The molecule has 0 saturated carbocycles. The maximum atomic E-state index is 12.9. The van der Waals surface area contributed by atoms with Gasteiger partial charge in [-0.2, -0.15) is 13.8 Å². The van der Waals surface area contributed by atoms with Crippen LogP contribution in [-0.4, -0.2) is 11.2 Å². The van der Waals surface area contributed by atoms with Crippen molar-refractivity contribution in [3.63, 3.8) is 0 Å². The first kappa shape index (κ1) is 14.4. The summed E-state index contributed by atoms with van der Waals surface area (Å²) < 4.78 is 31.2. The summed E-state index contributed by atoms with van der Waals surface area (Å²) in [4.78, 5) is 3.75. The van der Waals surface area contributed by atoms with E-state index < -0.39 is 11.9 Å². The lowest BCUT2D eigenvalue weighted by atomic mass is 10.3. The van der Waals surface area contributed by atoms with Crippen LogP contribution < -0.4 is 4.74 Å². The van der Waals surface area contributed by atoms with E-state index in [1.807, 2.05) is 6.26 Å². The number of halogens is 4. The number of ether oxygens (including phenoxy) is 1. The zero-order valence-electron chi connectivity index (χ0n) is 9.58. The number of benzene rings is 1. The number of pyridine rings is 1. The molecule has 2 rings (SSSR count). The topological polar surface area (TPSA) is 22.1 Å². The molecule has 0 spiro atoms. The first-order chi connectivity index (χ1) is 8.99. The molecule has 1 aromatic carbocycles. The van der Waals surface area contributed by atoms with Crippen molar-refractivity contribution in [2.24, 2.45) is 0 Å². The van der Waals surface area contributed by atoms with Gasteiger partial charge in [0.25, 0.3) is 0 Å². The Bertz CT molecular complexity index is 605. The summed E-state index contributed by atoms with van der Waals surface area (Å²) in [7, 11) is 0. The van der Waals surface area contributed by atoms with Gasteiger partial charge in [-0.15, -0.1) is 11.8 Å². The molecule has 1 aromatic heterocycles. The highest BCUT2D eigenvalue weighted by Crippen LogP contribution is 2.37. The number of hydrogen-bond acceptors (Lipinski definition) is 3. The molecule has 100 valence electrons. The van der Waals surface area contributed by atoms with Crippen LogP contribution >= 0.6 is 35.0 Å². The monoisotopic (exact) mass is 321 g/mol. The van der Waals surface area contributed by atoms with Crippen LogP contribution in [0, 0.1) is 11.9 Å². The summed E-state index contributed by atoms with van der Waals surface area (Å²) in [6.07, 6.45) is 1.85. The van der Waals surface area contributed by atoms with E-state index in [-0.39, 0.29) is 11.5 Å². The Kier molecular flexibility index (Phi) is 4.50. The molecule has 0 N–H and O–H groups in total. The van der Waals surface area contributed by atoms with E-state index in [2.05, 4.69) is 4.98 Å². The van der Waals surface area contributed by atoms with Gasteiger partial charge >= 0.3 is 0 Å². The first-order valence-corrected chi connectivity index (χ1v) is 7.01. The molecule has 0 radical (unpaired) electrons.